The van der Waals surface area contributed by atoms with Crippen molar-refractivity contribution in [3.8, 4) is 0 Å². The predicted molar refractivity (Wildman–Crippen MR) is 115 cm³/mol. The summed E-state index contributed by atoms with van der Waals surface area (Å²) < 4.78 is 36.4. The number of benzene rings is 2. The van der Waals surface area contributed by atoms with Crippen LogP contribution in [0.15, 0.2) is 53.4 Å². The molecule has 9 nitrogen and oxygen atoms in total. The molecule has 0 aliphatic carbocycles. The number of sulfonamides is 1. The maximum Gasteiger partial charge on any atom is 0.338 e. The second-order valence-electron chi connectivity index (χ2n) is 6.88. The molecule has 0 aromatic heterocycles. The van der Waals surface area contributed by atoms with Gasteiger partial charge in [0.05, 0.1) is 23.1 Å². The molecule has 2 aromatic rings. The van der Waals surface area contributed by atoms with Crippen LogP contribution >= 0.6 is 11.6 Å². The topological polar surface area (TPSA) is 110 Å². The van der Waals surface area contributed by atoms with Crippen LogP contribution in [0.5, 0.6) is 0 Å². The summed E-state index contributed by atoms with van der Waals surface area (Å²) in [6.45, 7) is 0.134. The van der Waals surface area contributed by atoms with E-state index in [9.17, 15) is 22.8 Å². The van der Waals surface area contributed by atoms with Gasteiger partial charge in [0.1, 0.15) is 0 Å². The molecule has 1 aliphatic rings. The molecule has 1 aliphatic heterocycles. The average Bonchev–Trinajstić information content (AvgIpc) is 2.82. The average molecular weight is 481 g/mol. The summed E-state index contributed by atoms with van der Waals surface area (Å²) in [6.07, 6.45) is 0. The number of piperazine rings is 1. The van der Waals surface area contributed by atoms with Gasteiger partial charge in [-0.25, -0.2) is 18.0 Å². The zero-order valence-electron chi connectivity index (χ0n) is 17.2. The Morgan fingerprint density at radius 2 is 1.41 bits per heavy atom. The fourth-order valence-electron chi connectivity index (χ4n) is 3.10. The molecular formula is C21H21ClN2O7S. The van der Waals surface area contributed by atoms with Gasteiger partial charge in [-0.15, -0.1) is 0 Å². The van der Waals surface area contributed by atoms with E-state index in [1.807, 2.05) is 0 Å². The van der Waals surface area contributed by atoms with Crippen molar-refractivity contribution in [2.45, 2.75) is 4.90 Å². The third kappa shape index (κ3) is 5.45. The molecule has 0 spiro atoms. The lowest BCUT2D eigenvalue weighted by atomic mass is 10.1. The summed E-state index contributed by atoms with van der Waals surface area (Å²) in [4.78, 5) is 37.5. The van der Waals surface area contributed by atoms with Gasteiger partial charge in [0, 0.05) is 31.2 Å². The highest BCUT2D eigenvalue weighted by molar-refractivity contribution is 7.89. The van der Waals surface area contributed by atoms with Gasteiger partial charge in [-0.05, 0) is 48.5 Å². The molecule has 0 radical (unpaired) electrons. The van der Waals surface area contributed by atoms with Gasteiger partial charge in [-0.1, -0.05) is 11.6 Å². The first kappa shape index (κ1) is 23.7. The van der Waals surface area contributed by atoms with E-state index < -0.39 is 34.5 Å². The third-order valence-corrected chi connectivity index (χ3v) is 7.08. The predicted octanol–water partition coefficient (Wildman–Crippen LogP) is 1.82. The minimum atomic E-state index is -3.68. The zero-order valence-corrected chi connectivity index (χ0v) is 18.8. The molecule has 0 atom stereocenters. The van der Waals surface area contributed by atoms with E-state index in [4.69, 9.17) is 16.3 Å². The number of hydrogen-bond acceptors (Lipinski definition) is 7. The Morgan fingerprint density at radius 3 is 1.94 bits per heavy atom. The lowest BCUT2D eigenvalue weighted by Crippen LogP contribution is -2.51. The van der Waals surface area contributed by atoms with Gasteiger partial charge in [0.25, 0.3) is 5.91 Å². The molecule has 32 heavy (non-hydrogen) atoms. The molecule has 1 amide bonds. The maximum absolute atomic E-state index is 12.7. The summed E-state index contributed by atoms with van der Waals surface area (Å²) in [5.41, 5.74) is 0.468. The number of hydrogen-bond donors (Lipinski definition) is 0. The largest absolute Gasteiger partial charge is 0.465 e. The van der Waals surface area contributed by atoms with E-state index in [0.29, 0.717) is 5.02 Å². The van der Waals surface area contributed by atoms with E-state index in [1.54, 1.807) is 0 Å². The molecule has 3 rings (SSSR count). The molecule has 1 saturated heterocycles. The van der Waals surface area contributed by atoms with Crippen molar-refractivity contribution in [3.05, 3.63) is 64.7 Å². The fourth-order valence-corrected chi connectivity index (χ4v) is 4.64. The summed E-state index contributed by atoms with van der Waals surface area (Å²) in [5.74, 6) is -1.66. The van der Waals surface area contributed by atoms with Crippen LogP contribution in [0.3, 0.4) is 0 Å². The van der Waals surface area contributed by atoms with Crippen molar-refractivity contribution < 1.29 is 32.3 Å². The fraction of sp³-hybridized carbons (Fsp3) is 0.286. The zero-order chi connectivity index (χ0) is 23.3. The minimum Gasteiger partial charge on any atom is -0.465 e. The molecule has 1 heterocycles. The number of carbonyl (C=O) groups is 3. The number of amides is 1. The number of carbonyl (C=O) groups excluding carboxylic acids is 3. The van der Waals surface area contributed by atoms with Crippen molar-refractivity contribution >= 4 is 39.5 Å². The van der Waals surface area contributed by atoms with E-state index in [2.05, 4.69) is 4.74 Å². The smallest absolute Gasteiger partial charge is 0.338 e. The van der Waals surface area contributed by atoms with Crippen molar-refractivity contribution in [1.29, 1.82) is 0 Å². The van der Waals surface area contributed by atoms with Crippen LogP contribution in [-0.2, 0) is 24.3 Å². The highest BCUT2D eigenvalue weighted by atomic mass is 35.5. The number of esters is 2. The Morgan fingerprint density at radius 1 is 0.875 bits per heavy atom. The first-order valence-electron chi connectivity index (χ1n) is 9.61. The number of ether oxygens (including phenoxy) is 2. The van der Waals surface area contributed by atoms with E-state index >= 15 is 0 Å². The van der Waals surface area contributed by atoms with Crippen LogP contribution in [0, 0.1) is 0 Å². The maximum atomic E-state index is 12.7. The Balaban J connectivity index is 1.50. The van der Waals surface area contributed by atoms with Crippen molar-refractivity contribution in [2.75, 3.05) is 39.9 Å². The van der Waals surface area contributed by atoms with Crippen LogP contribution in [-0.4, -0.2) is 75.4 Å². The Labute approximate surface area is 190 Å². The summed E-state index contributed by atoms with van der Waals surface area (Å²) in [5, 5.41) is 0.438. The van der Waals surface area contributed by atoms with E-state index in [0.717, 1.165) is 0 Å². The van der Waals surface area contributed by atoms with Gasteiger partial charge in [0.15, 0.2) is 6.61 Å². The SMILES string of the molecule is COC(=O)c1ccc(C(=O)OCC(=O)N2CCN(S(=O)(=O)c3ccc(Cl)cc3)CC2)cc1. The number of rotatable bonds is 6. The van der Waals surface area contributed by atoms with Crippen LogP contribution < -0.4 is 0 Å². The van der Waals surface area contributed by atoms with Crippen LogP contribution in [0.1, 0.15) is 20.7 Å². The third-order valence-electron chi connectivity index (χ3n) is 4.91. The normalized spacial score (nSPS) is 14.6. The Bertz CT molecular complexity index is 1090. The van der Waals surface area contributed by atoms with Crippen molar-refractivity contribution in [3.63, 3.8) is 0 Å². The van der Waals surface area contributed by atoms with E-state index in [1.165, 1.54) is 64.8 Å². The first-order valence-corrected chi connectivity index (χ1v) is 11.4. The van der Waals surface area contributed by atoms with Crippen LogP contribution in [0.4, 0.5) is 0 Å². The van der Waals surface area contributed by atoms with Crippen molar-refractivity contribution in [1.82, 2.24) is 9.21 Å². The standard InChI is InChI=1S/C21H21ClN2O7S/c1-30-20(26)15-2-4-16(5-3-15)21(27)31-14-19(25)23-10-12-24(13-11-23)32(28,29)18-8-6-17(22)7-9-18/h2-9H,10-14H2,1H3. The lowest BCUT2D eigenvalue weighted by molar-refractivity contribution is -0.135. The summed E-state index contributed by atoms with van der Waals surface area (Å²) >= 11 is 5.81. The highest BCUT2D eigenvalue weighted by Crippen LogP contribution is 2.20. The summed E-state index contributed by atoms with van der Waals surface area (Å²) in [6, 6.07) is 11.5. The number of methoxy groups -OCH3 is 1. The molecular weight excluding hydrogens is 460 g/mol. The molecule has 1 fully saturated rings. The molecule has 0 N–H and O–H groups in total. The minimum absolute atomic E-state index is 0.125. The Kier molecular flexibility index (Phi) is 7.49. The monoisotopic (exact) mass is 480 g/mol. The second-order valence-corrected chi connectivity index (χ2v) is 9.26. The van der Waals surface area contributed by atoms with Crippen molar-refractivity contribution in [2.24, 2.45) is 0 Å². The molecule has 0 saturated carbocycles. The van der Waals surface area contributed by atoms with Gasteiger partial charge in [0.2, 0.25) is 10.0 Å². The van der Waals surface area contributed by atoms with Crippen LogP contribution in [0.2, 0.25) is 5.02 Å². The van der Waals surface area contributed by atoms with Crippen LogP contribution in [0.25, 0.3) is 0 Å². The first-order chi connectivity index (χ1) is 15.2. The highest BCUT2D eigenvalue weighted by Gasteiger charge is 2.30. The quantitative estimate of drug-likeness (QED) is 0.580. The number of halogens is 1. The molecule has 170 valence electrons. The summed E-state index contributed by atoms with van der Waals surface area (Å²) in [7, 11) is -2.43. The lowest BCUT2D eigenvalue weighted by Gasteiger charge is -2.33. The molecule has 0 unspecified atom stereocenters. The van der Waals surface area contributed by atoms with Gasteiger partial charge >= 0.3 is 11.9 Å². The van der Waals surface area contributed by atoms with Gasteiger partial charge in [-0.3, -0.25) is 4.79 Å². The molecule has 0 bridgehead atoms. The molecule has 2 aromatic carbocycles. The number of nitrogens with zero attached hydrogens (tertiary/aromatic N) is 2. The van der Waals surface area contributed by atoms with E-state index in [-0.39, 0.29) is 42.2 Å². The van der Waals surface area contributed by atoms with Gasteiger partial charge < -0.3 is 14.4 Å². The molecule has 11 heteroatoms. The van der Waals surface area contributed by atoms with Gasteiger partial charge in [-0.2, -0.15) is 4.31 Å². The Hall–Kier alpha value is -2.95. The second kappa shape index (κ2) is 10.1.